The van der Waals surface area contributed by atoms with Crippen molar-refractivity contribution in [1.82, 2.24) is 15.1 Å². The molecule has 7 heteroatoms. The van der Waals surface area contributed by atoms with Gasteiger partial charge in [-0.3, -0.25) is 14.8 Å². The van der Waals surface area contributed by atoms with Gasteiger partial charge in [0.25, 0.3) is 0 Å². The van der Waals surface area contributed by atoms with Crippen molar-refractivity contribution < 1.29 is 14.3 Å². The van der Waals surface area contributed by atoms with Gasteiger partial charge in [0.15, 0.2) is 0 Å². The van der Waals surface area contributed by atoms with Crippen LogP contribution in [0.2, 0.25) is 0 Å². The summed E-state index contributed by atoms with van der Waals surface area (Å²) in [5, 5.41) is 17.3. The Hall–Kier alpha value is -3.63. The van der Waals surface area contributed by atoms with Crippen molar-refractivity contribution in [3.63, 3.8) is 0 Å². The van der Waals surface area contributed by atoms with E-state index in [2.05, 4.69) is 40.2 Å². The highest BCUT2D eigenvalue weighted by Gasteiger charge is 2.21. The van der Waals surface area contributed by atoms with E-state index in [9.17, 15) is 10.1 Å². The second-order valence-electron chi connectivity index (χ2n) is 9.11. The Morgan fingerprint density at radius 1 is 1.26 bits per heavy atom. The van der Waals surface area contributed by atoms with Crippen molar-refractivity contribution in [3.8, 4) is 34.3 Å². The molecule has 1 N–H and O–H groups in total. The van der Waals surface area contributed by atoms with Gasteiger partial charge in [0.2, 0.25) is 0 Å². The van der Waals surface area contributed by atoms with E-state index in [1.165, 1.54) is 16.7 Å². The lowest BCUT2D eigenvalue weighted by molar-refractivity contribution is -0.143. The number of hydrogen-bond acceptors (Lipinski definition) is 6. The Kier molecular flexibility index (Phi) is 7.52. The number of H-pyrrole nitrogens is 1. The molecule has 182 valence electrons. The van der Waals surface area contributed by atoms with Crippen LogP contribution in [0.4, 0.5) is 0 Å². The molecule has 0 amide bonds. The summed E-state index contributed by atoms with van der Waals surface area (Å²) in [6.07, 6.45) is 1.37. The third kappa shape index (κ3) is 5.55. The number of aromatic amines is 1. The maximum atomic E-state index is 11.7. The second kappa shape index (κ2) is 10.7. The number of benzene rings is 2. The van der Waals surface area contributed by atoms with Crippen LogP contribution in [-0.2, 0) is 22.5 Å². The quantitative estimate of drug-likeness (QED) is 0.463. The van der Waals surface area contributed by atoms with Gasteiger partial charge in [-0.15, -0.1) is 0 Å². The van der Waals surface area contributed by atoms with Gasteiger partial charge >= 0.3 is 5.97 Å². The van der Waals surface area contributed by atoms with Gasteiger partial charge < -0.3 is 9.47 Å². The number of fused-ring (bicyclic) bond motifs is 1. The topological polar surface area (TPSA) is 91.2 Å². The molecule has 0 atom stereocenters. The SMILES string of the molecule is CCOC(=O)CCN1CCc2c(ccc(-c3cc(-c4ccc(OC(C)C)c(C#N)c4)n[nH]3)c2C)C1. The number of carbonyl (C=O) groups is 1. The fourth-order valence-electron chi connectivity index (χ4n) is 4.61. The minimum Gasteiger partial charge on any atom is -0.490 e. The van der Waals surface area contributed by atoms with E-state index in [0.717, 1.165) is 42.0 Å². The van der Waals surface area contributed by atoms with Crippen LogP contribution in [0.25, 0.3) is 22.5 Å². The Balaban J connectivity index is 1.52. The predicted octanol–water partition coefficient (Wildman–Crippen LogP) is 5.02. The number of ether oxygens (including phenoxy) is 2. The fraction of sp³-hybridized carbons (Fsp3) is 0.393. The van der Waals surface area contributed by atoms with E-state index in [-0.39, 0.29) is 12.1 Å². The zero-order valence-corrected chi connectivity index (χ0v) is 20.9. The first-order chi connectivity index (χ1) is 16.9. The summed E-state index contributed by atoms with van der Waals surface area (Å²) in [5.41, 5.74) is 8.16. The number of aromatic nitrogens is 2. The fourth-order valence-corrected chi connectivity index (χ4v) is 4.61. The zero-order valence-electron chi connectivity index (χ0n) is 20.9. The Bertz CT molecular complexity index is 1260. The van der Waals surface area contributed by atoms with Crippen LogP contribution in [0.3, 0.4) is 0 Å². The van der Waals surface area contributed by atoms with Crippen LogP contribution in [0, 0.1) is 18.3 Å². The first-order valence-corrected chi connectivity index (χ1v) is 12.2. The maximum absolute atomic E-state index is 11.7. The molecule has 0 fully saturated rings. The highest BCUT2D eigenvalue weighted by molar-refractivity contribution is 5.73. The monoisotopic (exact) mass is 472 g/mol. The van der Waals surface area contributed by atoms with Gasteiger partial charge in [0.05, 0.1) is 36.1 Å². The summed E-state index contributed by atoms with van der Waals surface area (Å²) >= 11 is 0. The summed E-state index contributed by atoms with van der Waals surface area (Å²) in [6, 6.07) is 14.2. The van der Waals surface area contributed by atoms with Crippen LogP contribution in [-0.4, -0.2) is 46.9 Å². The molecule has 0 unspecified atom stereocenters. The molecule has 0 saturated heterocycles. The lowest BCUT2D eigenvalue weighted by Gasteiger charge is -2.30. The predicted molar refractivity (Wildman–Crippen MR) is 135 cm³/mol. The smallest absolute Gasteiger partial charge is 0.307 e. The van der Waals surface area contributed by atoms with E-state index in [0.29, 0.717) is 30.9 Å². The number of nitrogens with one attached hydrogen (secondary N) is 1. The lowest BCUT2D eigenvalue weighted by atomic mass is 9.90. The number of carbonyl (C=O) groups excluding carboxylic acids is 1. The molecule has 3 aromatic rings. The van der Waals surface area contributed by atoms with Crippen molar-refractivity contribution in [3.05, 3.63) is 58.7 Å². The van der Waals surface area contributed by atoms with Gasteiger partial charge in [-0.25, -0.2) is 0 Å². The standard InChI is InChI=1S/C28H32N4O3/c1-5-34-28(33)11-13-32-12-10-23-19(4)24(8-6-21(23)17-32)26-15-25(30-31-26)20-7-9-27(35-18(2)3)22(14-20)16-29/h6-9,14-15,18H,5,10-13,17H2,1-4H3,(H,30,31). The number of rotatable bonds is 8. The first kappa shape index (κ1) is 24.5. The average Bonchev–Trinajstić information content (AvgIpc) is 3.33. The number of nitrogens with zero attached hydrogens (tertiary/aromatic N) is 3. The number of hydrogen-bond donors (Lipinski definition) is 1. The van der Waals surface area contributed by atoms with E-state index in [1.807, 2.05) is 45.0 Å². The molecule has 1 aliphatic rings. The molecule has 0 spiro atoms. The first-order valence-electron chi connectivity index (χ1n) is 12.2. The molecule has 2 heterocycles. The van der Waals surface area contributed by atoms with E-state index in [1.54, 1.807) is 0 Å². The van der Waals surface area contributed by atoms with E-state index >= 15 is 0 Å². The maximum Gasteiger partial charge on any atom is 0.307 e. The third-order valence-corrected chi connectivity index (χ3v) is 6.33. The molecule has 0 bridgehead atoms. The summed E-state index contributed by atoms with van der Waals surface area (Å²) in [4.78, 5) is 14.0. The number of esters is 1. The number of nitriles is 1. The molecule has 7 nitrogen and oxygen atoms in total. The van der Waals surface area contributed by atoms with Crippen molar-refractivity contribution in [1.29, 1.82) is 5.26 Å². The summed E-state index contributed by atoms with van der Waals surface area (Å²) in [6.45, 7) is 10.8. The lowest BCUT2D eigenvalue weighted by Crippen LogP contribution is -2.33. The largest absolute Gasteiger partial charge is 0.490 e. The van der Waals surface area contributed by atoms with Crippen LogP contribution in [0.5, 0.6) is 5.75 Å². The molecular weight excluding hydrogens is 440 g/mol. The van der Waals surface area contributed by atoms with Crippen LogP contribution < -0.4 is 4.74 Å². The van der Waals surface area contributed by atoms with Crippen molar-refractivity contribution in [2.24, 2.45) is 0 Å². The summed E-state index contributed by atoms with van der Waals surface area (Å²) in [7, 11) is 0. The molecule has 1 aliphatic heterocycles. The normalized spacial score (nSPS) is 13.4. The van der Waals surface area contributed by atoms with Crippen molar-refractivity contribution >= 4 is 5.97 Å². The highest BCUT2D eigenvalue weighted by Crippen LogP contribution is 2.33. The van der Waals surface area contributed by atoms with Crippen molar-refractivity contribution in [2.45, 2.75) is 53.2 Å². The Labute approximate surface area is 206 Å². The molecular formula is C28H32N4O3. The third-order valence-electron chi connectivity index (χ3n) is 6.33. The minimum absolute atomic E-state index is 0.00145. The molecule has 2 aromatic carbocycles. The minimum atomic E-state index is -0.135. The average molecular weight is 473 g/mol. The molecule has 0 saturated carbocycles. The van der Waals surface area contributed by atoms with E-state index in [4.69, 9.17) is 9.47 Å². The second-order valence-corrected chi connectivity index (χ2v) is 9.11. The van der Waals surface area contributed by atoms with E-state index < -0.39 is 0 Å². The Morgan fingerprint density at radius 3 is 2.83 bits per heavy atom. The molecule has 1 aromatic heterocycles. The molecule has 0 aliphatic carbocycles. The van der Waals surface area contributed by atoms with Gasteiger partial charge in [-0.2, -0.15) is 10.4 Å². The van der Waals surface area contributed by atoms with Gasteiger partial charge in [-0.1, -0.05) is 12.1 Å². The summed E-state index contributed by atoms with van der Waals surface area (Å²) < 4.78 is 10.8. The highest BCUT2D eigenvalue weighted by atomic mass is 16.5. The van der Waals surface area contributed by atoms with Gasteiger partial charge in [0, 0.05) is 30.8 Å². The van der Waals surface area contributed by atoms with Gasteiger partial charge in [0.1, 0.15) is 11.8 Å². The Morgan fingerprint density at radius 2 is 2.09 bits per heavy atom. The summed E-state index contributed by atoms with van der Waals surface area (Å²) in [5.74, 6) is 0.452. The molecule has 4 rings (SSSR count). The van der Waals surface area contributed by atoms with Crippen LogP contribution in [0.1, 0.15) is 49.4 Å². The molecule has 0 radical (unpaired) electrons. The molecule has 35 heavy (non-hydrogen) atoms. The van der Waals surface area contributed by atoms with Crippen LogP contribution >= 0.6 is 0 Å². The van der Waals surface area contributed by atoms with Gasteiger partial charge in [-0.05, 0) is 75.1 Å². The van der Waals surface area contributed by atoms with Crippen molar-refractivity contribution in [2.75, 3.05) is 19.7 Å². The van der Waals surface area contributed by atoms with Crippen LogP contribution in [0.15, 0.2) is 36.4 Å². The zero-order chi connectivity index (χ0) is 24.9.